The summed E-state index contributed by atoms with van der Waals surface area (Å²) in [6.07, 6.45) is 0. The van der Waals surface area contributed by atoms with E-state index in [0.717, 1.165) is 0 Å². The third-order valence-corrected chi connectivity index (χ3v) is 4.41. The highest BCUT2D eigenvalue weighted by Gasteiger charge is 2.27. The molecule has 4 nitrogen and oxygen atoms in total. The average Bonchev–Trinajstić information content (AvgIpc) is 2.28. The molecule has 6 heteroatoms. The molecule has 0 radical (unpaired) electrons. The first-order chi connectivity index (χ1) is 7.03. The number of rotatable bonds is 3. The first-order valence-electron chi connectivity index (χ1n) is 3.94. The molecule has 1 atom stereocenters. The average molecular weight is 334 g/mol. The van der Waals surface area contributed by atoms with E-state index in [-0.39, 0.29) is 5.69 Å². The van der Waals surface area contributed by atoms with E-state index >= 15 is 0 Å². The molecule has 1 aromatic carbocycles. The van der Waals surface area contributed by atoms with Crippen molar-refractivity contribution >= 4 is 37.5 Å². The summed E-state index contributed by atoms with van der Waals surface area (Å²) >= 11 is 6.49. The van der Waals surface area contributed by atoms with Crippen molar-refractivity contribution in [2.75, 3.05) is 5.33 Å². The Hall–Kier alpha value is -0.930. The van der Waals surface area contributed by atoms with E-state index in [9.17, 15) is 10.1 Å². The number of hydrogen-bond acceptors (Lipinski definition) is 3. The quantitative estimate of drug-likeness (QED) is 0.485. The summed E-state index contributed by atoms with van der Waals surface area (Å²) in [5.41, 5.74) is 0.702. The third-order valence-electron chi connectivity index (χ3n) is 1.90. The van der Waals surface area contributed by atoms with E-state index in [1.54, 1.807) is 12.1 Å². The Morgan fingerprint density at radius 1 is 1.47 bits per heavy atom. The summed E-state index contributed by atoms with van der Waals surface area (Å²) < 4.78 is -0.831. The number of hydrogen-bond donors (Lipinski definition) is 0. The van der Waals surface area contributed by atoms with Crippen molar-refractivity contribution in [3.8, 4) is 6.07 Å². The van der Waals surface area contributed by atoms with Crippen molar-refractivity contribution in [2.45, 2.75) is 4.32 Å². The summed E-state index contributed by atoms with van der Waals surface area (Å²) in [6.45, 7) is 0. The second-order valence-electron chi connectivity index (χ2n) is 2.85. The molecule has 0 spiro atoms. The second-order valence-corrected chi connectivity index (χ2v) is 4.77. The SMILES string of the molecule is N#CC(Br)(CBr)c1ccc([N+](=O)[O-])cc1. The smallest absolute Gasteiger partial charge is 0.258 e. The van der Waals surface area contributed by atoms with E-state index in [2.05, 4.69) is 37.9 Å². The van der Waals surface area contributed by atoms with Gasteiger partial charge in [-0.15, -0.1) is 0 Å². The van der Waals surface area contributed by atoms with Gasteiger partial charge in [0.15, 0.2) is 0 Å². The highest BCUT2D eigenvalue weighted by atomic mass is 79.9. The molecule has 0 aliphatic rings. The summed E-state index contributed by atoms with van der Waals surface area (Å²) in [5.74, 6) is 0. The molecule has 15 heavy (non-hydrogen) atoms. The number of alkyl halides is 2. The second kappa shape index (κ2) is 4.73. The first kappa shape index (κ1) is 12.1. The van der Waals surface area contributed by atoms with Gasteiger partial charge in [-0.25, -0.2) is 0 Å². The van der Waals surface area contributed by atoms with Crippen molar-refractivity contribution in [1.29, 1.82) is 5.26 Å². The number of non-ortho nitro benzene ring substituents is 1. The molecule has 0 aromatic heterocycles. The molecule has 0 amide bonds. The number of benzene rings is 1. The van der Waals surface area contributed by atoms with Crippen molar-refractivity contribution in [3.63, 3.8) is 0 Å². The summed E-state index contributed by atoms with van der Waals surface area (Å²) in [6, 6.07) is 7.99. The van der Waals surface area contributed by atoms with Gasteiger partial charge in [-0.05, 0) is 17.7 Å². The van der Waals surface area contributed by atoms with Gasteiger partial charge in [0.25, 0.3) is 5.69 Å². The van der Waals surface area contributed by atoms with E-state index in [0.29, 0.717) is 10.9 Å². The van der Waals surface area contributed by atoms with Crippen LogP contribution in [0.4, 0.5) is 5.69 Å². The van der Waals surface area contributed by atoms with Crippen LogP contribution in [0, 0.1) is 21.4 Å². The van der Waals surface area contributed by atoms with Gasteiger partial charge in [-0.2, -0.15) is 5.26 Å². The van der Waals surface area contributed by atoms with Crippen LogP contribution in [0.1, 0.15) is 5.56 Å². The Labute approximate surface area is 103 Å². The number of nitrogens with zero attached hydrogens (tertiary/aromatic N) is 2. The molecule has 78 valence electrons. The maximum Gasteiger partial charge on any atom is 0.269 e. The minimum absolute atomic E-state index is 0.0149. The highest BCUT2D eigenvalue weighted by molar-refractivity contribution is 9.12. The molecule has 0 aliphatic heterocycles. The molecule has 1 unspecified atom stereocenters. The van der Waals surface area contributed by atoms with Crippen LogP contribution in [0.25, 0.3) is 0 Å². The van der Waals surface area contributed by atoms with Crippen LogP contribution in [0.2, 0.25) is 0 Å². The Kier molecular flexibility index (Phi) is 3.83. The summed E-state index contributed by atoms with van der Waals surface area (Å²) in [7, 11) is 0. The molecule has 0 aliphatic carbocycles. The lowest BCUT2D eigenvalue weighted by molar-refractivity contribution is -0.384. The Morgan fingerprint density at radius 3 is 2.33 bits per heavy atom. The fraction of sp³-hybridized carbons (Fsp3) is 0.222. The van der Waals surface area contributed by atoms with Crippen molar-refractivity contribution in [2.24, 2.45) is 0 Å². The molecule has 0 saturated heterocycles. The van der Waals surface area contributed by atoms with Gasteiger partial charge >= 0.3 is 0 Å². The first-order valence-corrected chi connectivity index (χ1v) is 5.86. The standard InChI is InChI=1S/C9H6Br2N2O2/c10-5-9(11,6-12)7-1-3-8(4-2-7)13(14)15/h1-4H,5H2. The Morgan fingerprint density at radius 2 is 2.00 bits per heavy atom. The lowest BCUT2D eigenvalue weighted by Crippen LogP contribution is -2.16. The van der Waals surface area contributed by atoms with Crippen LogP contribution in [0.15, 0.2) is 24.3 Å². The largest absolute Gasteiger partial charge is 0.269 e. The number of nitro groups is 1. The number of nitriles is 1. The van der Waals surface area contributed by atoms with Crippen LogP contribution in [-0.4, -0.2) is 10.3 Å². The minimum atomic E-state index is -0.831. The van der Waals surface area contributed by atoms with Gasteiger partial charge in [0, 0.05) is 17.5 Å². The molecule has 0 N–H and O–H groups in total. The predicted octanol–water partition coefficient (Wildman–Crippen LogP) is 3.10. The van der Waals surface area contributed by atoms with Gasteiger partial charge in [-0.1, -0.05) is 31.9 Å². The van der Waals surface area contributed by atoms with E-state index in [1.807, 2.05) is 0 Å². The lowest BCUT2D eigenvalue weighted by Gasteiger charge is -2.15. The molecular weight excluding hydrogens is 328 g/mol. The monoisotopic (exact) mass is 332 g/mol. The molecule has 1 aromatic rings. The van der Waals surface area contributed by atoms with Crippen molar-refractivity contribution in [3.05, 3.63) is 39.9 Å². The Bertz CT molecular complexity index is 413. The van der Waals surface area contributed by atoms with Crippen LogP contribution in [0.3, 0.4) is 0 Å². The Balaban J connectivity index is 3.09. The maximum atomic E-state index is 10.4. The van der Waals surface area contributed by atoms with Gasteiger partial charge < -0.3 is 0 Å². The van der Waals surface area contributed by atoms with Crippen LogP contribution < -0.4 is 0 Å². The molecule has 0 bridgehead atoms. The molecular formula is C9H6Br2N2O2. The van der Waals surface area contributed by atoms with Gasteiger partial charge in [0.1, 0.15) is 4.32 Å². The molecule has 0 fully saturated rings. The van der Waals surface area contributed by atoms with E-state index in [4.69, 9.17) is 5.26 Å². The van der Waals surface area contributed by atoms with Gasteiger partial charge in [-0.3, -0.25) is 10.1 Å². The number of nitro benzene ring substituents is 1. The minimum Gasteiger partial charge on any atom is -0.258 e. The van der Waals surface area contributed by atoms with Gasteiger partial charge in [0.05, 0.1) is 11.0 Å². The van der Waals surface area contributed by atoms with Crippen LogP contribution >= 0.6 is 31.9 Å². The molecule has 0 saturated carbocycles. The molecule has 1 rings (SSSR count). The van der Waals surface area contributed by atoms with Crippen LogP contribution in [-0.2, 0) is 4.32 Å². The van der Waals surface area contributed by atoms with E-state index in [1.165, 1.54) is 12.1 Å². The van der Waals surface area contributed by atoms with Gasteiger partial charge in [0.2, 0.25) is 0 Å². The van der Waals surface area contributed by atoms with Crippen LogP contribution in [0.5, 0.6) is 0 Å². The highest BCUT2D eigenvalue weighted by Crippen LogP contribution is 2.33. The van der Waals surface area contributed by atoms with Crippen molar-refractivity contribution in [1.82, 2.24) is 0 Å². The predicted molar refractivity (Wildman–Crippen MR) is 63.1 cm³/mol. The zero-order chi connectivity index (χ0) is 11.5. The summed E-state index contributed by atoms with van der Waals surface area (Å²) in [4.78, 5) is 9.95. The normalized spacial score (nSPS) is 13.9. The fourth-order valence-electron chi connectivity index (χ4n) is 1.02. The number of halogens is 2. The zero-order valence-electron chi connectivity index (χ0n) is 7.48. The topological polar surface area (TPSA) is 66.9 Å². The maximum absolute atomic E-state index is 10.4. The lowest BCUT2D eigenvalue weighted by atomic mass is 10.0. The summed E-state index contributed by atoms with van der Waals surface area (Å²) in [5, 5.41) is 19.8. The fourth-order valence-corrected chi connectivity index (χ4v) is 1.73. The molecule has 0 heterocycles. The van der Waals surface area contributed by atoms with E-state index < -0.39 is 9.25 Å². The third kappa shape index (κ3) is 2.55. The zero-order valence-corrected chi connectivity index (χ0v) is 10.7. The van der Waals surface area contributed by atoms with Crippen molar-refractivity contribution < 1.29 is 4.92 Å².